The molecule has 4 heterocycles. The van der Waals surface area contributed by atoms with Gasteiger partial charge in [0.25, 0.3) is 0 Å². The molecule has 1 aromatic carbocycles. The molecule has 0 fully saturated rings. The summed E-state index contributed by atoms with van der Waals surface area (Å²) in [4.78, 5) is 30.9. The van der Waals surface area contributed by atoms with E-state index in [0.29, 0.717) is 23.2 Å². The van der Waals surface area contributed by atoms with Crippen molar-refractivity contribution in [2.45, 2.75) is 6.92 Å². The van der Waals surface area contributed by atoms with E-state index in [4.69, 9.17) is 4.74 Å². The summed E-state index contributed by atoms with van der Waals surface area (Å²) >= 11 is 0. The third kappa shape index (κ3) is 2.97. The van der Waals surface area contributed by atoms with Gasteiger partial charge in [-0.25, -0.2) is 19.7 Å². The Morgan fingerprint density at radius 2 is 1.78 bits per heavy atom. The van der Waals surface area contributed by atoms with Gasteiger partial charge >= 0.3 is 5.69 Å². The topological polar surface area (TPSA) is 99.8 Å². The normalized spacial score (nSPS) is 11.2. The summed E-state index contributed by atoms with van der Waals surface area (Å²) in [6, 6.07) is 9.54. The van der Waals surface area contributed by atoms with Crippen molar-refractivity contribution < 1.29 is 4.74 Å². The fourth-order valence-electron chi connectivity index (χ4n) is 3.89. The van der Waals surface area contributed by atoms with Crippen LogP contribution in [0.15, 0.2) is 53.7 Å². The number of hydrogen-bond acceptors (Lipinski definition) is 7. The minimum absolute atomic E-state index is 0.170. The predicted octanol–water partition coefficient (Wildman–Crippen LogP) is 3.09. The molecule has 0 radical (unpaired) electrons. The zero-order chi connectivity index (χ0) is 22.4. The van der Waals surface area contributed by atoms with Crippen LogP contribution in [0.25, 0.3) is 38.8 Å². The van der Waals surface area contributed by atoms with Crippen LogP contribution >= 0.6 is 0 Å². The highest BCUT2D eigenvalue weighted by Gasteiger charge is 2.18. The second-order valence-electron chi connectivity index (χ2n) is 7.40. The average Bonchev–Trinajstić information content (AvgIpc) is 3.09. The molecule has 5 rings (SSSR count). The van der Waals surface area contributed by atoms with Crippen molar-refractivity contribution in [3.63, 3.8) is 0 Å². The van der Waals surface area contributed by atoms with Gasteiger partial charge in [-0.05, 0) is 30.7 Å². The van der Waals surface area contributed by atoms with E-state index >= 15 is 0 Å². The molecule has 0 saturated heterocycles. The first-order valence-electron chi connectivity index (χ1n) is 10.0. The maximum Gasteiger partial charge on any atom is 0.333 e. The second kappa shape index (κ2) is 7.45. The van der Waals surface area contributed by atoms with Crippen LogP contribution in [0.2, 0.25) is 0 Å². The Morgan fingerprint density at radius 1 is 1.00 bits per heavy atom. The molecule has 1 N–H and O–H groups in total. The molecular formula is C23H21N7O2. The maximum atomic E-state index is 13.3. The molecule has 0 bridgehead atoms. The Balaban J connectivity index is 1.82. The van der Waals surface area contributed by atoms with Crippen molar-refractivity contribution in [2.75, 3.05) is 19.5 Å². The monoisotopic (exact) mass is 427 g/mol. The Morgan fingerprint density at radius 3 is 2.47 bits per heavy atom. The number of benzene rings is 1. The van der Waals surface area contributed by atoms with Crippen molar-refractivity contribution in [1.82, 2.24) is 29.1 Å². The molecule has 0 amide bonds. The number of aryl methyl sites for hydroxylation is 2. The largest absolute Gasteiger partial charge is 0.481 e. The summed E-state index contributed by atoms with van der Waals surface area (Å²) in [6.45, 7) is 1.86. The van der Waals surface area contributed by atoms with Gasteiger partial charge in [0, 0.05) is 43.5 Å². The van der Waals surface area contributed by atoms with Gasteiger partial charge in [-0.3, -0.25) is 14.1 Å². The van der Waals surface area contributed by atoms with Crippen LogP contribution < -0.4 is 15.7 Å². The van der Waals surface area contributed by atoms with Gasteiger partial charge in [0.2, 0.25) is 11.8 Å². The molecule has 32 heavy (non-hydrogen) atoms. The first-order chi connectivity index (χ1) is 15.5. The van der Waals surface area contributed by atoms with E-state index in [1.807, 2.05) is 31.2 Å². The van der Waals surface area contributed by atoms with E-state index in [1.165, 1.54) is 0 Å². The zero-order valence-corrected chi connectivity index (χ0v) is 18.1. The van der Waals surface area contributed by atoms with E-state index in [9.17, 15) is 4.79 Å². The summed E-state index contributed by atoms with van der Waals surface area (Å²) in [6.07, 6.45) is 5.26. The number of aromatic nitrogens is 6. The molecule has 9 nitrogen and oxygen atoms in total. The van der Waals surface area contributed by atoms with Crippen LogP contribution in [0.1, 0.15) is 5.69 Å². The van der Waals surface area contributed by atoms with Crippen LogP contribution in [0, 0.1) is 6.92 Å². The van der Waals surface area contributed by atoms with Crippen molar-refractivity contribution >= 4 is 27.9 Å². The summed E-state index contributed by atoms with van der Waals surface area (Å²) < 4.78 is 8.52. The van der Waals surface area contributed by atoms with E-state index in [0.717, 1.165) is 33.1 Å². The second-order valence-corrected chi connectivity index (χ2v) is 7.40. The lowest BCUT2D eigenvalue weighted by atomic mass is 10.1. The standard InChI is InChI=1S/C23H21N7O2/c1-13-18(7-8-20(28-13)32-4)30-21-16-9-14(15-10-26-22(24-2)27-11-15)5-6-17(16)25-12-19(21)29(3)23(30)31/h5-12H,1-4H3,(H,24,26,27). The van der Waals surface area contributed by atoms with E-state index in [-0.39, 0.29) is 5.69 Å². The van der Waals surface area contributed by atoms with Gasteiger partial charge in [-0.15, -0.1) is 0 Å². The molecule has 0 atom stereocenters. The van der Waals surface area contributed by atoms with Crippen LogP contribution in [-0.4, -0.2) is 43.2 Å². The van der Waals surface area contributed by atoms with Gasteiger partial charge < -0.3 is 10.1 Å². The molecule has 0 unspecified atom stereocenters. The third-order valence-electron chi connectivity index (χ3n) is 5.57. The minimum atomic E-state index is -0.170. The van der Waals surface area contributed by atoms with Crippen molar-refractivity contribution in [3.8, 4) is 22.7 Å². The van der Waals surface area contributed by atoms with E-state index in [1.54, 1.807) is 55.0 Å². The minimum Gasteiger partial charge on any atom is -0.481 e. The Kier molecular flexibility index (Phi) is 4.58. The number of ether oxygens (including phenoxy) is 1. The highest BCUT2D eigenvalue weighted by Crippen LogP contribution is 2.30. The highest BCUT2D eigenvalue weighted by atomic mass is 16.5. The fraction of sp³-hybridized carbons (Fsp3) is 0.174. The summed E-state index contributed by atoms with van der Waals surface area (Å²) in [5, 5.41) is 3.77. The van der Waals surface area contributed by atoms with E-state index < -0.39 is 0 Å². The van der Waals surface area contributed by atoms with Gasteiger partial charge in [-0.1, -0.05) is 6.07 Å². The van der Waals surface area contributed by atoms with Crippen molar-refractivity contribution in [2.24, 2.45) is 7.05 Å². The molecule has 9 heteroatoms. The number of methoxy groups -OCH3 is 1. The first-order valence-corrected chi connectivity index (χ1v) is 10.0. The first kappa shape index (κ1) is 19.7. The lowest BCUT2D eigenvalue weighted by Crippen LogP contribution is -2.21. The Labute approximate surface area is 183 Å². The Hall–Kier alpha value is -4.27. The lowest BCUT2D eigenvalue weighted by Gasteiger charge is -2.10. The number of hydrogen-bond donors (Lipinski definition) is 1. The average molecular weight is 427 g/mol. The molecule has 4 aromatic heterocycles. The number of rotatable bonds is 4. The SMILES string of the molecule is CNc1ncc(-c2ccc3ncc4c(c3c2)n(-c2ccc(OC)nc2C)c(=O)n4C)cn1. The Bertz CT molecular complexity index is 1530. The summed E-state index contributed by atoms with van der Waals surface area (Å²) in [7, 11) is 5.09. The van der Waals surface area contributed by atoms with Crippen LogP contribution in [-0.2, 0) is 7.05 Å². The molecular weight excluding hydrogens is 406 g/mol. The quantitative estimate of drug-likeness (QED) is 0.470. The van der Waals surface area contributed by atoms with Gasteiger partial charge in [0.05, 0.1) is 41.2 Å². The number of nitrogens with zero attached hydrogens (tertiary/aromatic N) is 6. The maximum absolute atomic E-state index is 13.3. The molecule has 0 spiro atoms. The predicted molar refractivity (Wildman–Crippen MR) is 123 cm³/mol. The smallest absolute Gasteiger partial charge is 0.333 e. The third-order valence-corrected chi connectivity index (χ3v) is 5.57. The number of fused-ring (bicyclic) bond motifs is 3. The van der Waals surface area contributed by atoms with Crippen molar-refractivity contribution in [1.29, 1.82) is 0 Å². The molecule has 0 saturated carbocycles. The number of nitrogens with one attached hydrogen (secondary N) is 1. The summed E-state index contributed by atoms with van der Waals surface area (Å²) in [5.41, 5.74) is 5.31. The molecule has 0 aliphatic rings. The molecule has 5 aromatic rings. The van der Waals surface area contributed by atoms with Gasteiger partial charge in [0.15, 0.2) is 0 Å². The number of anilines is 1. The summed E-state index contributed by atoms with van der Waals surface area (Å²) in [5.74, 6) is 1.05. The number of pyridine rings is 2. The van der Waals surface area contributed by atoms with E-state index in [2.05, 4.69) is 25.3 Å². The van der Waals surface area contributed by atoms with Crippen LogP contribution in [0.5, 0.6) is 5.88 Å². The van der Waals surface area contributed by atoms with Crippen molar-refractivity contribution in [3.05, 3.63) is 65.1 Å². The lowest BCUT2D eigenvalue weighted by molar-refractivity contribution is 0.397. The number of imidazole rings is 1. The molecule has 0 aliphatic heterocycles. The van der Waals surface area contributed by atoms with Gasteiger partial charge in [-0.2, -0.15) is 0 Å². The fourth-order valence-corrected chi connectivity index (χ4v) is 3.89. The molecule has 0 aliphatic carbocycles. The highest BCUT2D eigenvalue weighted by molar-refractivity contribution is 6.04. The zero-order valence-electron chi connectivity index (χ0n) is 18.1. The van der Waals surface area contributed by atoms with Crippen LogP contribution in [0.3, 0.4) is 0 Å². The van der Waals surface area contributed by atoms with Crippen LogP contribution in [0.4, 0.5) is 5.95 Å². The van der Waals surface area contributed by atoms with Gasteiger partial charge in [0.1, 0.15) is 0 Å². The molecule has 160 valence electrons.